The largest absolute Gasteiger partial charge is 0.483 e. The van der Waals surface area contributed by atoms with Gasteiger partial charge in [-0.1, -0.05) is 17.7 Å². The minimum atomic E-state index is -3.38. The highest BCUT2D eigenvalue weighted by Gasteiger charge is 2.13. The van der Waals surface area contributed by atoms with Crippen molar-refractivity contribution in [2.24, 2.45) is 5.73 Å². The van der Waals surface area contributed by atoms with Gasteiger partial charge in [0.2, 0.25) is 0 Å². The maximum Gasteiger partial charge on any atom is 0.262 e. The van der Waals surface area contributed by atoms with E-state index in [9.17, 15) is 18.0 Å². The lowest BCUT2D eigenvalue weighted by Gasteiger charge is -2.11. The number of hydrogen-bond acceptors (Lipinski definition) is 5. The number of nitrogens with two attached hydrogens (primary N) is 1. The lowest BCUT2D eigenvalue weighted by molar-refractivity contribution is -0.118. The van der Waals surface area contributed by atoms with Crippen LogP contribution in [0.15, 0.2) is 47.4 Å². The van der Waals surface area contributed by atoms with E-state index in [0.29, 0.717) is 10.7 Å². The molecule has 0 heterocycles. The summed E-state index contributed by atoms with van der Waals surface area (Å²) >= 11 is 5.79. The monoisotopic (exact) mass is 382 g/mol. The van der Waals surface area contributed by atoms with Crippen LogP contribution in [0.25, 0.3) is 0 Å². The molecule has 0 aromatic heterocycles. The van der Waals surface area contributed by atoms with Crippen LogP contribution in [0.3, 0.4) is 0 Å². The van der Waals surface area contributed by atoms with Gasteiger partial charge in [-0.25, -0.2) is 8.42 Å². The molecule has 0 fully saturated rings. The van der Waals surface area contributed by atoms with Gasteiger partial charge in [-0.3, -0.25) is 9.59 Å². The minimum absolute atomic E-state index is 0.0550. The van der Waals surface area contributed by atoms with Gasteiger partial charge in [0.15, 0.2) is 16.4 Å². The van der Waals surface area contributed by atoms with Crippen molar-refractivity contribution in [3.63, 3.8) is 0 Å². The van der Waals surface area contributed by atoms with E-state index in [-0.39, 0.29) is 16.2 Å². The standard InChI is InChI=1S/C16H15ClN2O5S/c1-25(22,23)12-4-2-3-11(8-12)19-15(20)9-24-14-6-5-10(17)7-13(14)16(18)21/h2-8H,9H2,1H3,(H2,18,21)(H,19,20). The highest BCUT2D eigenvalue weighted by atomic mass is 35.5. The highest BCUT2D eigenvalue weighted by molar-refractivity contribution is 7.90. The maximum atomic E-state index is 12.0. The molecule has 0 saturated heterocycles. The van der Waals surface area contributed by atoms with E-state index in [1.54, 1.807) is 6.07 Å². The molecule has 0 spiro atoms. The summed E-state index contributed by atoms with van der Waals surface area (Å²) in [5.41, 5.74) is 5.60. The molecule has 0 atom stereocenters. The predicted molar refractivity (Wildman–Crippen MR) is 93.6 cm³/mol. The quantitative estimate of drug-likeness (QED) is 0.791. The first-order valence-electron chi connectivity index (χ1n) is 6.99. The topological polar surface area (TPSA) is 116 Å². The number of benzene rings is 2. The molecular formula is C16H15ClN2O5S. The van der Waals surface area contributed by atoms with E-state index in [2.05, 4.69) is 5.32 Å². The van der Waals surface area contributed by atoms with Gasteiger partial charge in [0.05, 0.1) is 10.5 Å². The number of amides is 2. The van der Waals surface area contributed by atoms with Crippen molar-refractivity contribution in [3.05, 3.63) is 53.1 Å². The molecule has 2 rings (SSSR count). The molecule has 0 radical (unpaired) electrons. The fourth-order valence-electron chi connectivity index (χ4n) is 1.97. The summed E-state index contributed by atoms with van der Waals surface area (Å²) in [6.07, 6.45) is 1.07. The zero-order valence-corrected chi connectivity index (χ0v) is 14.7. The predicted octanol–water partition coefficient (Wildman–Crippen LogP) is 1.86. The molecule has 0 saturated carbocycles. The Balaban J connectivity index is 2.06. The number of carbonyl (C=O) groups excluding carboxylic acids is 2. The summed E-state index contributed by atoms with van der Waals surface area (Å²) in [6.45, 7) is -0.398. The Morgan fingerprint density at radius 2 is 1.92 bits per heavy atom. The normalized spacial score (nSPS) is 11.0. The van der Waals surface area contributed by atoms with Gasteiger partial charge in [-0.2, -0.15) is 0 Å². The van der Waals surface area contributed by atoms with Gasteiger partial charge in [0.25, 0.3) is 11.8 Å². The van der Waals surface area contributed by atoms with Gasteiger partial charge in [-0.05, 0) is 36.4 Å². The molecule has 0 unspecified atom stereocenters. The number of nitrogens with one attached hydrogen (secondary N) is 1. The van der Waals surface area contributed by atoms with E-state index < -0.39 is 28.3 Å². The second-order valence-corrected chi connectivity index (χ2v) is 7.59. The van der Waals surface area contributed by atoms with Crippen molar-refractivity contribution in [2.75, 3.05) is 18.2 Å². The fraction of sp³-hybridized carbons (Fsp3) is 0.125. The number of carbonyl (C=O) groups is 2. The Hall–Kier alpha value is -2.58. The van der Waals surface area contributed by atoms with E-state index in [4.69, 9.17) is 22.1 Å². The second kappa shape index (κ2) is 7.54. The van der Waals surface area contributed by atoms with Gasteiger partial charge in [0.1, 0.15) is 5.75 Å². The van der Waals surface area contributed by atoms with Crippen LogP contribution in [0.1, 0.15) is 10.4 Å². The average Bonchev–Trinajstić information content (AvgIpc) is 2.53. The SMILES string of the molecule is CS(=O)(=O)c1cccc(NC(=O)COc2ccc(Cl)cc2C(N)=O)c1. The van der Waals surface area contributed by atoms with Crippen molar-refractivity contribution in [1.29, 1.82) is 0 Å². The number of rotatable bonds is 6. The first-order valence-corrected chi connectivity index (χ1v) is 9.26. The van der Waals surface area contributed by atoms with Crippen LogP contribution in [0.4, 0.5) is 5.69 Å². The molecule has 2 aromatic rings. The number of hydrogen-bond donors (Lipinski definition) is 2. The zero-order valence-electron chi connectivity index (χ0n) is 13.2. The molecule has 0 aliphatic rings. The summed E-state index contributed by atoms with van der Waals surface area (Å²) in [5, 5.41) is 2.82. The van der Waals surface area contributed by atoms with Gasteiger partial charge in [-0.15, -0.1) is 0 Å². The first-order chi connectivity index (χ1) is 11.7. The Morgan fingerprint density at radius 1 is 1.20 bits per heavy atom. The van der Waals surface area contributed by atoms with Crippen LogP contribution in [-0.4, -0.2) is 33.1 Å². The van der Waals surface area contributed by atoms with Crippen molar-refractivity contribution in [2.45, 2.75) is 4.90 Å². The maximum absolute atomic E-state index is 12.0. The molecule has 2 aromatic carbocycles. The zero-order chi connectivity index (χ0) is 18.6. The Morgan fingerprint density at radius 3 is 2.56 bits per heavy atom. The van der Waals surface area contributed by atoms with E-state index in [0.717, 1.165) is 6.26 Å². The minimum Gasteiger partial charge on any atom is -0.483 e. The van der Waals surface area contributed by atoms with Crippen LogP contribution < -0.4 is 15.8 Å². The number of ether oxygens (including phenoxy) is 1. The van der Waals surface area contributed by atoms with Crippen LogP contribution in [0.2, 0.25) is 5.02 Å². The second-order valence-electron chi connectivity index (χ2n) is 5.14. The molecular weight excluding hydrogens is 368 g/mol. The summed E-state index contributed by atoms with van der Waals surface area (Å²) in [7, 11) is -3.38. The number of primary amides is 1. The molecule has 132 valence electrons. The Bertz CT molecular complexity index is 928. The van der Waals surface area contributed by atoms with E-state index >= 15 is 0 Å². The molecule has 0 bridgehead atoms. The molecule has 9 heteroatoms. The smallest absolute Gasteiger partial charge is 0.262 e. The molecule has 7 nitrogen and oxygen atoms in total. The third-order valence-corrected chi connectivity index (χ3v) is 4.46. The summed E-state index contributed by atoms with van der Waals surface area (Å²) in [6, 6.07) is 10.1. The van der Waals surface area contributed by atoms with Crippen LogP contribution >= 0.6 is 11.6 Å². The molecule has 3 N–H and O–H groups in total. The van der Waals surface area contributed by atoms with Gasteiger partial charge >= 0.3 is 0 Å². The number of halogens is 1. The Labute approximate surface area is 149 Å². The fourth-order valence-corrected chi connectivity index (χ4v) is 2.80. The van der Waals surface area contributed by atoms with E-state index in [1.807, 2.05) is 0 Å². The molecule has 2 amide bonds. The summed E-state index contributed by atoms with van der Waals surface area (Å²) in [5.74, 6) is -1.15. The first kappa shape index (κ1) is 18.8. The van der Waals surface area contributed by atoms with Crippen LogP contribution in [-0.2, 0) is 14.6 Å². The highest BCUT2D eigenvalue weighted by Crippen LogP contribution is 2.22. The van der Waals surface area contributed by atoms with Crippen LogP contribution in [0, 0.1) is 0 Å². The molecule has 0 aliphatic heterocycles. The molecule has 25 heavy (non-hydrogen) atoms. The lowest BCUT2D eigenvalue weighted by atomic mass is 10.2. The number of sulfone groups is 1. The average molecular weight is 383 g/mol. The van der Waals surface area contributed by atoms with Gasteiger partial charge in [0, 0.05) is 17.0 Å². The summed E-state index contributed by atoms with van der Waals surface area (Å²) in [4.78, 5) is 23.4. The number of anilines is 1. The third-order valence-electron chi connectivity index (χ3n) is 3.11. The van der Waals surface area contributed by atoms with E-state index in [1.165, 1.54) is 36.4 Å². The van der Waals surface area contributed by atoms with Crippen molar-refractivity contribution < 1.29 is 22.7 Å². The van der Waals surface area contributed by atoms with Crippen molar-refractivity contribution in [1.82, 2.24) is 0 Å². The van der Waals surface area contributed by atoms with Gasteiger partial charge < -0.3 is 15.8 Å². The van der Waals surface area contributed by atoms with Crippen molar-refractivity contribution in [3.8, 4) is 5.75 Å². The van der Waals surface area contributed by atoms with Crippen LogP contribution in [0.5, 0.6) is 5.75 Å². The van der Waals surface area contributed by atoms with Crippen molar-refractivity contribution >= 4 is 38.9 Å². The lowest BCUT2D eigenvalue weighted by Crippen LogP contribution is -2.21. The molecule has 0 aliphatic carbocycles. The summed E-state index contributed by atoms with van der Waals surface area (Å²) < 4.78 is 28.3. The third kappa shape index (κ3) is 5.20. The Kier molecular flexibility index (Phi) is 5.66.